The maximum Gasteiger partial charge on any atom is 0.231 e. The molecular formula is C13H12N2O2. The summed E-state index contributed by atoms with van der Waals surface area (Å²) in [6.07, 6.45) is 0.640. The number of benzene rings is 1. The van der Waals surface area contributed by atoms with E-state index in [-0.39, 0.29) is 11.7 Å². The molecule has 0 atom stereocenters. The number of ketones is 1. The van der Waals surface area contributed by atoms with Gasteiger partial charge in [0.15, 0.2) is 5.78 Å². The molecule has 17 heavy (non-hydrogen) atoms. The lowest BCUT2D eigenvalue weighted by Crippen LogP contribution is -2.27. The van der Waals surface area contributed by atoms with E-state index >= 15 is 0 Å². The van der Waals surface area contributed by atoms with Crippen LogP contribution in [0, 0.1) is 11.3 Å². The van der Waals surface area contributed by atoms with Gasteiger partial charge in [0.25, 0.3) is 0 Å². The molecule has 0 saturated carbocycles. The van der Waals surface area contributed by atoms with Gasteiger partial charge < -0.3 is 4.90 Å². The standard InChI is InChI=1S/C13H12N2O2/c1-9(16)10-3-4-12-11(7-10)8-13(17)15(12)6-2-5-14/h3-4,7H,2,6,8H2,1H3. The summed E-state index contributed by atoms with van der Waals surface area (Å²) in [5.74, 6) is -0.00771. The van der Waals surface area contributed by atoms with Gasteiger partial charge in [0, 0.05) is 17.8 Å². The van der Waals surface area contributed by atoms with E-state index in [4.69, 9.17) is 5.26 Å². The summed E-state index contributed by atoms with van der Waals surface area (Å²) in [6.45, 7) is 1.92. The molecule has 4 nitrogen and oxygen atoms in total. The van der Waals surface area contributed by atoms with Crippen LogP contribution in [-0.4, -0.2) is 18.2 Å². The van der Waals surface area contributed by atoms with E-state index in [2.05, 4.69) is 0 Å². The van der Waals surface area contributed by atoms with E-state index in [0.717, 1.165) is 11.3 Å². The van der Waals surface area contributed by atoms with E-state index in [0.29, 0.717) is 24.9 Å². The van der Waals surface area contributed by atoms with Crippen molar-refractivity contribution in [2.75, 3.05) is 11.4 Å². The lowest BCUT2D eigenvalue weighted by Gasteiger charge is -2.15. The van der Waals surface area contributed by atoms with Gasteiger partial charge in [-0.05, 0) is 30.7 Å². The fraction of sp³-hybridized carbons (Fsp3) is 0.308. The number of anilines is 1. The van der Waals surface area contributed by atoms with Crippen LogP contribution in [0.4, 0.5) is 5.69 Å². The van der Waals surface area contributed by atoms with Crippen molar-refractivity contribution < 1.29 is 9.59 Å². The number of amides is 1. The Morgan fingerprint density at radius 3 is 2.94 bits per heavy atom. The average molecular weight is 228 g/mol. The molecule has 1 aromatic rings. The van der Waals surface area contributed by atoms with Crippen molar-refractivity contribution in [3.63, 3.8) is 0 Å². The molecule has 0 spiro atoms. The third-order valence-corrected chi connectivity index (χ3v) is 2.87. The second-order valence-electron chi connectivity index (χ2n) is 4.03. The number of rotatable bonds is 3. The number of nitriles is 1. The smallest absolute Gasteiger partial charge is 0.231 e. The average Bonchev–Trinajstić information content (AvgIpc) is 2.61. The molecule has 0 bridgehead atoms. The van der Waals surface area contributed by atoms with Crippen molar-refractivity contribution in [3.8, 4) is 6.07 Å². The van der Waals surface area contributed by atoms with E-state index < -0.39 is 0 Å². The van der Waals surface area contributed by atoms with Crippen LogP contribution >= 0.6 is 0 Å². The Bertz CT molecular complexity index is 529. The van der Waals surface area contributed by atoms with Gasteiger partial charge in [-0.1, -0.05) is 0 Å². The van der Waals surface area contributed by atoms with Gasteiger partial charge in [-0.2, -0.15) is 5.26 Å². The predicted octanol–water partition coefficient (Wildman–Crippen LogP) is 1.69. The third kappa shape index (κ3) is 2.04. The molecule has 0 saturated heterocycles. The number of hydrogen-bond donors (Lipinski definition) is 0. The van der Waals surface area contributed by atoms with Gasteiger partial charge in [0.1, 0.15) is 0 Å². The van der Waals surface area contributed by atoms with Crippen LogP contribution in [0.25, 0.3) is 0 Å². The Labute approximate surface area is 99.5 Å². The Morgan fingerprint density at radius 1 is 1.53 bits per heavy atom. The van der Waals surface area contributed by atoms with Crippen molar-refractivity contribution in [2.24, 2.45) is 0 Å². The van der Waals surface area contributed by atoms with Gasteiger partial charge in [-0.3, -0.25) is 9.59 Å². The molecule has 4 heteroatoms. The zero-order chi connectivity index (χ0) is 12.4. The monoisotopic (exact) mass is 228 g/mol. The van der Waals surface area contributed by atoms with Crippen LogP contribution in [0.15, 0.2) is 18.2 Å². The highest BCUT2D eigenvalue weighted by Gasteiger charge is 2.27. The second kappa shape index (κ2) is 4.38. The molecule has 1 heterocycles. The first kappa shape index (κ1) is 11.3. The molecular weight excluding hydrogens is 216 g/mol. The summed E-state index contributed by atoms with van der Waals surface area (Å²) in [6, 6.07) is 7.30. The van der Waals surface area contributed by atoms with Crippen molar-refractivity contribution in [3.05, 3.63) is 29.3 Å². The molecule has 86 valence electrons. The lowest BCUT2D eigenvalue weighted by atomic mass is 10.1. The highest BCUT2D eigenvalue weighted by molar-refractivity contribution is 6.03. The zero-order valence-electron chi connectivity index (χ0n) is 9.56. The maximum atomic E-state index is 11.7. The number of Topliss-reactive ketones (excluding diaryl/α,β-unsaturated/α-hetero) is 1. The summed E-state index contributed by atoms with van der Waals surface area (Å²) in [7, 11) is 0. The number of hydrogen-bond acceptors (Lipinski definition) is 3. The van der Waals surface area contributed by atoms with Crippen molar-refractivity contribution >= 4 is 17.4 Å². The molecule has 0 fully saturated rings. The zero-order valence-corrected chi connectivity index (χ0v) is 9.56. The summed E-state index contributed by atoms with van der Waals surface area (Å²) in [5.41, 5.74) is 2.33. The number of fused-ring (bicyclic) bond motifs is 1. The van der Waals surface area contributed by atoms with Crippen LogP contribution in [-0.2, 0) is 11.2 Å². The molecule has 0 unspecified atom stereocenters. The molecule has 1 aliphatic heterocycles. The molecule has 1 amide bonds. The van der Waals surface area contributed by atoms with Crippen molar-refractivity contribution in [1.82, 2.24) is 0 Å². The van der Waals surface area contributed by atoms with Gasteiger partial charge in [0.2, 0.25) is 5.91 Å². The SMILES string of the molecule is CC(=O)c1ccc2c(c1)CC(=O)N2CCC#N. The number of carbonyl (C=O) groups is 2. The summed E-state index contributed by atoms with van der Waals surface area (Å²) in [5, 5.41) is 8.55. The first-order chi connectivity index (χ1) is 8.13. The van der Waals surface area contributed by atoms with Gasteiger partial charge in [-0.25, -0.2) is 0 Å². The first-order valence-corrected chi connectivity index (χ1v) is 5.44. The quantitative estimate of drug-likeness (QED) is 0.739. The normalized spacial score (nSPS) is 13.4. The van der Waals surface area contributed by atoms with E-state index in [1.165, 1.54) is 6.92 Å². The number of nitrogens with zero attached hydrogens (tertiary/aromatic N) is 2. The Morgan fingerprint density at radius 2 is 2.29 bits per heavy atom. The summed E-state index contributed by atoms with van der Waals surface area (Å²) in [4.78, 5) is 24.6. The fourth-order valence-corrected chi connectivity index (χ4v) is 2.01. The first-order valence-electron chi connectivity index (χ1n) is 5.44. The molecule has 0 aromatic heterocycles. The molecule has 0 aliphatic carbocycles. The molecule has 1 aliphatic rings. The molecule has 0 N–H and O–H groups in total. The number of carbonyl (C=O) groups excluding carboxylic acids is 2. The summed E-state index contributed by atoms with van der Waals surface area (Å²) < 4.78 is 0. The van der Waals surface area contributed by atoms with Gasteiger partial charge >= 0.3 is 0 Å². The van der Waals surface area contributed by atoms with Crippen LogP contribution in [0.2, 0.25) is 0 Å². The third-order valence-electron chi connectivity index (χ3n) is 2.87. The van der Waals surface area contributed by atoms with Crippen LogP contribution in [0.5, 0.6) is 0 Å². The molecule has 1 aromatic carbocycles. The fourth-order valence-electron chi connectivity index (χ4n) is 2.01. The summed E-state index contributed by atoms with van der Waals surface area (Å²) >= 11 is 0. The van der Waals surface area contributed by atoms with Crippen LogP contribution in [0.3, 0.4) is 0 Å². The van der Waals surface area contributed by atoms with Gasteiger partial charge in [-0.15, -0.1) is 0 Å². The van der Waals surface area contributed by atoms with E-state index in [9.17, 15) is 9.59 Å². The van der Waals surface area contributed by atoms with Crippen LogP contribution < -0.4 is 4.90 Å². The molecule has 2 rings (SSSR count). The lowest BCUT2D eigenvalue weighted by molar-refractivity contribution is -0.117. The van der Waals surface area contributed by atoms with Crippen LogP contribution in [0.1, 0.15) is 29.3 Å². The van der Waals surface area contributed by atoms with E-state index in [1.54, 1.807) is 23.1 Å². The Balaban J connectivity index is 2.32. The van der Waals surface area contributed by atoms with Crippen molar-refractivity contribution in [2.45, 2.75) is 19.8 Å². The Hall–Kier alpha value is -2.15. The minimum Gasteiger partial charge on any atom is -0.311 e. The second-order valence-corrected chi connectivity index (χ2v) is 4.03. The Kier molecular flexibility index (Phi) is 2.92. The minimum absolute atomic E-state index is 0.00375. The van der Waals surface area contributed by atoms with Gasteiger partial charge in [0.05, 0.1) is 18.9 Å². The maximum absolute atomic E-state index is 11.7. The van der Waals surface area contributed by atoms with E-state index in [1.807, 2.05) is 6.07 Å². The minimum atomic E-state index is -0.00396. The topological polar surface area (TPSA) is 61.2 Å². The molecule has 0 radical (unpaired) electrons. The predicted molar refractivity (Wildman–Crippen MR) is 62.7 cm³/mol. The van der Waals surface area contributed by atoms with Crippen molar-refractivity contribution in [1.29, 1.82) is 5.26 Å². The highest BCUT2D eigenvalue weighted by atomic mass is 16.2. The largest absolute Gasteiger partial charge is 0.311 e. The highest BCUT2D eigenvalue weighted by Crippen LogP contribution is 2.29.